The van der Waals surface area contributed by atoms with Crippen LogP contribution in [0, 0.1) is 19.8 Å². The maximum atomic E-state index is 13.1. The van der Waals surface area contributed by atoms with E-state index >= 15 is 0 Å². The van der Waals surface area contributed by atoms with Gasteiger partial charge in [-0.25, -0.2) is 8.42 Å². The number of sulfonamides is 1. The first kappa shape index (κ1) is 18.6. The highest BCUT2D eigenvalue weighted by atomic mass is 32.2. The minimum atomic E-state index is -3.93. The number of nitrogens with zero attached hydrogens (tertiary/aromatic N) is 2. The van der Waals surface area contributed by atoms with Gasteiger partial charge in [0.15, 0.2) is 5.76 Å². The van der Waals surface area contributed by atoms with Gasteiger partial charge in [0.1, 0.15) is 16.6 Å². The highest BCUT2D eigenvalue weighted by Gasteiger charge is 2.36. The molecule has 0 bridgehead atoms. The van der Waals surface area contributed by atoms with E-state index in [1.807, 2.05) is 38.1 Å². The van der Waals surface area contributed by atoms with Gasteiger partial charge < -0.3 is 9.42 Å². The summed E-state index contributed by atoms with van der Waals surface area (Å²) in [6.45, 7) is 7.29. The Hall–Kier alpha value is -2.19. The largest absolute Gasteiger partial charge is 0.360 e. The minimum Gasteiger partial charge on any atom is -0.360 e. The van der Waals surface area contributed by atoms with Crippen molar-refractivity contribution in [2.75, 3.05) is 11.4 Å². The molecule has 3 rings (SSSR count). The molecule has 1 aliphatic heterocycles. The fourth-order valence-electron chi connectivity index (χ4n) is 3.29. The molecular weight excluding hydrogens is 354 g/mol. The zero-order valence-electron chi connectivity index (χ0n) is 15.3. The Morgan fingerprint density at radius 1 is 1.27 bits per heavy atom. The maximum absolute atomic E-state index is 13.1. The summed E-state index contributed by atoms with van der Waals surface area (Å²) in [5, 5.41) is 3.70. The fraction of sp³-hybridized carbons (Fsp3) is 0.444. The highest BCUT2D eigenvalue weighted by molar-refractivity contribution is 7.89. The second kappa shape index (κ2) is 6.85. The van der Waals surface area contributed by atoms with Gasteiger partial charge in [0.25, 0.3) is 0 Å². The number of hydrogen-bond acceptors (Lipinski definition) is 5. The van der Waals surface area contributed by atoms with E-state index in [0.717, 1.165) is 17.7 Å². The molecule has 0 unspecified atom stereocenters. The molecule has 2 heterocycles. The quantitative estimate of drug-likeness (QED) is 0.862. The summed E-state index contributed by atoms with van der Waals surface area (Å²) >= 11 is 0. The van der Waals surface area contributed by atoms with Crippen LogP contribution < -0.4 is 9.62 Å². The number of hydrogen-bond donors (Lipinski definition) is 1. The Labute approximate surface area is 153 Å². The molecule has 1 aliphatic rings. The van der Waals surface area contributed by atoms with Crippen LogP contribution >= 0.6 is 0 Å². The Balaban J connectivity index is 1.90. The molecule has 1 N–H and O–H groups in total. The van der Waals surface area contributed by atoms with Gasteiger partial charge >= 0.3 is 0 Å². The number of nitrogens with one attached hydrogen (secondary N) is 1. The molecule has 0 aliphatic carbocycles. The van der Waals surface area contributed by atoms with E-state index in [-0.39, 0.29) is 28.2 Å². The first-order chi connectivity index (χ1) is 12.2. The average Bonchev–Trinajstić information content (AvgIpc) is 3.15. The van der Waals surface area contributed by atoms with Crippen molar-refractivity contribution in [3.63, 3.8) is 0 Å². The summed E-state index contributed by atoms with van der Waals surface area (Å²) in [5.74, 6) is -0.262. The molecule has 0 saturated carbocycles. The number of carbonyl (C=O) groups is 1. The molecule has 140 valence electrons. The number of carbonyl (C=O) groups excluding carboxylic acids is 1. The van der Waals surface area contributed by atoms with E-state index in [1.54, 1.807) is 11.8 Å². The van der Waals surface area contributed by atoms with Crippen LogP contribution in [-0.4, -0.2) is 32.1 Å². The number of anilines is 1. The molecule has 0 radical (unpaired) electrons. The van der Waals surface area contributed by atoms with Crippen LogP contribution in [-0.2, 0) is 21.2 Å². The van der Waals surface area contributed by atoms with Crippen LogP contribution in [0.3, 0.4) is 0 Å². The van der Waals surface area contributed by atoms with E-state index in [9.17, 15) is 13.2 Å². The summed E-state index contributed by atoms with van der Waals surface area (Å²) in [6, 6.07) is 6.82. The van der Waals surface area contributed by atoms with E-state index < -0.39 is 16.1 Å². The Morgan fingerprint density at radius 2 is 1.96 bits per heavy atom. The van der Waals surface area contributed by atoms with E-state index in [1.165, 1.54) is 6.92 Å². The molecule has 0 fully saturated rings. The molecule has 1 aromatic carbocycles. The third-order valence-corrected chi connectivity index (χ3v) is 6.29. The third-order valence-electron chi connectivity index (χ3n) is 4.60. The standard InChI is InChI=1S/C18H23N3O4S/c1-11(2)16(20-26(23,24)17-12(3)19-25-13(17)4)18(22)21-10-9-14-7-5-6-8-15(14)21/h5-8,11,16,20H,9-10H2,1-4H3/t16-/m1/s1. The number of rotatable bonds is 5. The van der Waals surface area contributed by atoms with Gasteiger partial charge in [0.2, 0.25) is 15.9 Å². The summed E-state index contributed by atoms with van der Waals surface area (Å²) in [7, 11) is -3.93. The number of fused-ring (bicyclic) bond motifs is 1. The molecule has 1 amide bonds. The maximum Gasteiger partial charge on any atom is 0.246 e. The van der Waals surface area contributed by atoms with Crippen LogP contribution in [0.4, 0.5) is 5.69 Å². The monoisotopic (exact) mass is 377 g/mol. The van der Waals surface area contributed by atoms with Crippen LogP contribution in [0.1, 0.15) is 30.9 Å². The average molecular weight is 377 g/mol. The number of amides is 1. The lowest BCUT2D eigenvalue weighted by Gasteiger charge is -2.27. The van der Waals surface area contributed by atoms with Gasteiger partial charge in [0, 0.05) is 12.2 Å². The molecule has 1 atom stereocenters. The second-order valence-corrected chi connectivity index (χ2v) is 8.52. The Kier molecular flexibility index (Phi) is 4.90. The zero-order valence-corrected chi connectivity index (χ0v) is 16.1. The lowest BCUT2D eigenvalue weighted by atomic mass is 10.0. The van der Waals surface area contributed by atoms with Crippen molar-refractivity contribution in [2.45, 2.75) is 45.1 Å². The van der Waals surface area contributed by atoms with Gasteiger partial charge in [-0.2, -0.15) is 4.72 Å². The van der Waals surface area contributed by atoms with Crippen molar-refractivity contribution >= 4 is 21.6 Å². The predicted molar refractivity (Wildman–Crippen MR) is 97.4 cm³/mol. The topological polar surface area (TPSA) is 92.5 Å². The molecule has 1 aromatic heterocycles. The van der Waals surface area contributed by atoms with Crippen LogP contribution in [0.15, 0.2) is 33.7 Å². The molecule has 8 heteroatoms. The summed E-state index contributed by atoms with van der Waals surface area (Å²) < 4.78 is 33.2. The van der Waals surface area contributed by atoms with Crippen molar-refractivity contribution in [3.05, 3.63) is 41.3 Å². The van der Waals surface area contributed by atoms with Crippen LogP contribution in [0.5, 0.6) is 0 Å². The van der Waals surface area contributed by atoms with Crippen molar-refractivity contribution in [1.82, 2.24) is 9.88 Å². The minimum absolute atomic E-state index is 0.00206. The summed E-state index contributed by atoms with van der Waals surface area (Å²) in [4.78, 5) is 14.8. The summed E-state index contributed by atoms with van der Waals surface area (Å²) in [6.07, 6.45) is 0.767. The molecule has 0 spiro atoms. The van der Waals surface area contributed by atoms with Gasteiger partial charge in [-0.1, -0.05) is 37.2 Å². The number of aryl methyl sites for hydroxylation is 2. The van der Waals surface area contributed by atoms with Crippen LogP contribution in [0.2, 0.25) is 0 Å². The SMILES string of the molecule is Cc1noc(C)c1S(=O)(=O)N[C@@H](C(=O)N1CCc2ccccc21)C(C)C. The zero-order chi connectivity index (χ0) is 19.1. The van der Waals surface area contributed by atoms with E-state index in [0.29, 0.717) is 6.54 Å². The van der Waals surface area contributed by atoms with E-state index in [4.69, 9.17) is 4.52 Å². The number of benzene rings is 1. The third kappa shape index (κ3) is 3.26. The first-order valence-corrected chi connectivity index (χ1v) is 10.0. The molecule has 7 nitrogen and oxygen atoms in total. The Bertz CT molecular complexity index is 914. The Morgan fingerprint density at radius 3 is 2.58 bits per heavy atom. The van der Waals surface area contributed by atoms with Crippen LogP contribution in [0.25, 0.3) is 0 Å². The van der Waals surface area contributed by atoms with Crippen molar-refractivity contribution in [1.29, 1.82) is 0 Å². The van der Waals surface area contributed by atoms with Gasteiger partial charge in [-0.3, -0.25) is 4.79 Å². The van der Waals surface area contributed by atoms with Gasteiger partial charge in [-0.05, 0) is 37.8 Å². The normalized spacial score (nSPS) is 15.3. The second-order valence-electron chi connectivity index (χ2n) is 6.86. The van der Waals surface area contributed by atoms with Crippen molar-refractivity contribution in [2.24, 2.45) is 5.92 Å². The number of para-hydroxylation sites is 1. The molecule has 26 heavy (non-hydrogen) atoms. The first-order valence-electron chi connectivity index (χ1n) is 8.57. The lowest BCUT2D eigenvalue weighted by Crippen LogP contribution is -2.51. The van der Waals surface area contributed by atoms with Gasteiger partial charge in [0.05, 0.1) is 0 Å². The van der Waals surface area contributed by atoms with Gasteiger partial charge in [-0.15, -0.1) is 0 Å². The lowest BCUT2D eigenvalue weighted by molar-refractivity contribution is -0.121. The van der Waals surface area contributed by atoms with E-state index in [2.05, 4.69) is 9.88 Å². The summed E-state index contributed by atoms with van der Waals surface area (Å²) in [5.41, 5.74) is 2.22. The predicted octanol–water partition coefficient (Wildman–Crippen LogP) is 2.18. The molecule has 0 saturated heterocycles. The molecule has 2 aromatic rings. The van der Waals surface area contributed by atoms with Crippen molar-refractivity contribution in [3.8, 4) is 0 Å². The van der Waals surface area contributed by atoms with Crippen molar-refractivity contribution < 1.29 is 17.7 Å². The smallest absolute Gasteiger partial charge is 0.246 e. The fourth-order valence-corrected chi connectivity index (χ4v) is 4.96. The molecular formula is C18H23N3O4S. The highest BCUT2D eigenvalue weighted by Crippen LogP contribution is 2.29. The number of aromatic nitrogens is 1.